The Morgan fingerprint density at radius 1 is 1.15 bits per heavy atom. The number of sulfonamides is 1. The van der Waals surface area contributed by atoms with Crippen LogP contribution in [0, 0.1) is 0 Å². The SMILES string of the molecule is CC1=CC=C(c2nc(C(F)(F)F)cn2-c2ccc(S(N)(=O)=O)cc2)CC=C1. The molecule has 1 aromatic heterocycles. The van der Waals surface area contributed by atoms with Gasteiger partial charge < -0.3 is 0 Å². The fraction of sp³-hybridized carbons (Fsp3) is 0.167. The van der Waals surface area contributed by atoms with Crippen molar-refractivity contribution in [3.05, 3.63) is 71.9 Å². The molecule has 0 amide bonds. The smallest absolute Gasteiger partial charge is 0.299 e. The highest BCUT2D eigenvalue weighted by Gasteiger charge is 2.35. The molecule has 27 heavy (non-hydrogen) atoms. The fourth-order valence-corrected chi connectivity index (χ4v) is 3.15. The third-order valence-electron chi connectivity index (χ3n) is 3.99. The van der Waals surface area contributed by atoms with Gasteiger partial charge in [0.1, 0.15) is 5.82 Å². The van der Waals surface area contributed by atoms with Crippen LogP contribution in [0.4, 0.5) is 13.2 Å². The molecular weight excluding hydrogens is 379 g/mol. The summed E-state index contributed by atoms with van der Waals surface area (Å²) in [7, 11) is -3.89. The lowest BCUT2D eigenvalue weighted by Crippen LogP contribution is -2.12. The lowest BCUT2D eigenvalue weighted by Gasteiger charge is -2.10. The van der Waals surface area contributed by atoms with Crippen molar-refractivity contribution in [2.75, 3.05) is 0 Å². The zero-order valence-corrected chi connectivity index (χ0v) is 15.1. The highest BCUT2D eigenvalue weighted by atomic mass is 32.2. The Morgan fingerprint density at radius 2 is 1.81 bits per heavy atom. The van der Waals surface area contributed by atoms with Crippen LogP contribution in [0.5, 0.6) is 0 Å². The number of alkyl halides is 3. The summed E-state index contributed by atoms with van der Waals surface area (Å²) in [6, 6.07) is 5.26. The average Bonchev–Trinajstić information content (AvgIpc) is 2.92. The minimum atomic E-state index is -4.60. The Hall–Kier alpha value is -2.65. The van der Waals surface area contributed by atoms with E-state index in [9.17, 15) is 21.6 Å². The summed E-state index contributed by atoms with van der Waals surface area (Å²) in [6.07, 6.45) is 3.96. The van der Waals surface area contributed by atoms with Gasteiger partial charge in [0, 0.05) is 11.9 Å². The number of primary sulfonamides is 1. The van der Waals surface area contributed by atoms with Crippen LogP contribution in [0.2, 0.25) is 0 Å². The van der Waals surface area contributed by atoms with E-state index in [1.54, 1.807) is 12.2 Å². The van der Waals surface area contributed by atoms with E-state index in [1.165, 1.54) is 28.8 Å². The molecule has 0 spiro atoms. The molecule has 5 nitrogen and oxygen atoms in total. The second kappa shape index (κ2) is 6.82. The first-order valence-corrected chi connectivity index (χ1v) is 9.44. The van der Waals surface area contributed by atoms with Gasteiger partial charge in [0.25, 0.3) is 0 Å². The maximum Gasteiger partial charge on any atom is 0.434 e. The molecule has 1 aliphatic carbocycles. The van der Waals surface area contributed by atoms with E-state index in [0.29, 0.717) is 17.7 Å². The van der Waals surface area contributed by atoms with Crippen molar-refractivity contribution in [1.29, 1.82) is 0 Å². The fourth-order valence-electron chi connectivity index (χ4n) is 2.63. The van der Waals surface area contributed by atoms with Crippen LogP contribution in [0.1, 0.15) is 24.9 Å². The predicted octanol–water partition coefficient (Wildman–Crippen LogP) is 3.83. The first-order valence-electron chi connectivity index (χ1n) is 7.90. The van der Waals surface area contributed by atoms with Gasteiger partial charge in [0.05, 0.1) is 4.90 Å². The van der Waals surface area contributed by atoms with Gasteiger partial charge in [-0.3, -0.25) is 4.57 Å². The van der Waals surface area contributed by atoms with Crippen LogP contribution in [0.25, 0.3) is 11.3 Å². The Balaban J connectivity index is 2.14. The highest BCUT2D eigenvalue weighted by Crippen LogP contribution is 2.32. The molecular formula is C18H16F3N3O2S. The zero-order valence-electron chi connectivity index (χ0n) is 14.2. The van der Waals surface area contributed by atoms with Gasteiger partial charge in [0.15, 0.2) is 5.69 Å². The van der Waals surface area contributed by atoms with Gasteiger partial charge in [0.2, 0.25) is 10.0 Å². The Labute approximate surface area is 154 Å². The number of rotatable bonds is 3. The van der Waals surface area contributed by atoms with E-state index in [4.69, 9.17) is 5.14 Å². The molecule has 1 aromatic carbocycles. The molecule has 0 radical (unpaired) electrons. The topological polar surface area (TPSA) is 78.0 Å². The third kappa shape index (κ3) is 4.20. The molecule has 0 aliphatic heterocycles. The van der Waals surface area contributed by atoms with Crippen molar-refractivity contribution in [3.63, 3.8) is 0 Å². The molecule has 1 heterocycles. The van der Waals surface area contributed by atoms with Crippen LogP contribution in [0.3, 0.4) is 0 Å². The molecule has 142 valence electrons. The maximum atomic E-state index is 13.2. The van der Waals surface area contributed by atoms with Crippen molar-refractivity contribution in [3.8, 4) is 5.69 Å². The standard InChI is InChI=1S/C18H16F3N3O2S/c1-12-3-2-4-13(6-5-12)17-23-16(18(19,20)21)11-24(17)14-7-9-15(10-8-14)27(22,25)26/h2-3,5-11H,4H2,1H3,(H2,22,25,26). The van der Waals surface area contributed by atoms with Crippen molar-refractivity contribution in [2.24, 2.45) is 5.14 Å². The van der Waals surface area contributed by atoms with E-state index in [-0.39, 0.29) is 10.7 Å². The van der Waals surface area contributed by atoms with Crippen molar-refractivity contribution >= 4 is 15.6 Å². The van der Waals surface area contributed by atoms with E-state index in [2.05, 4.69) is 4.98 Å². The van der Waals surface area contributed by atoms with Gasteiger partial charge in [-0.2, -0.15) is 13.2 Å². The Bertz CT molecular complexity index is 1060. The van der Waals surface area contributed by atoms with E-state index in [0.717, 1.165) is 11.8 Å². The monoisotopic (exact) mass is 395 g/mol. The van der Waals surface area contributed by atoms with Gasteiger partial charge >= 0.3 is 6.18 Å². The van der Waals surface area contributed by atoms with Crippen molar-refractivity contribution in [1.82, 2.24) is 9.55 Å². The molecule has 3 rings (SSSR count). The molecule has 0 saturated carbocycles. The summed E-state index contributed by atoms with van der Waals surface area (Å²) in [5.41, 5.74) is 0.892. The number of allylic oxidation sites excluding steroid dienone is 6. The summed E-state index contributed by atoms with van der Waals surface area (Å²) in [4.78, 5) is 3.66. The molecule has 0 unspecified atom stereocenters. The van der Waals surface area contributed by atoms with Gasteiger partial charge in [-0.1, -0.05) is 29.9 Å². The van der Waals surface area contributed by atoms with Gasteiger partial charge in [-0.25, -0.2) is 18.5 Å². The molecule has 0 saturated heterocycles. The molecule has 2 aromatic rings. The minimum absolute atomic E-state index is 0.126. The summed E-state index contributed by atoms with van der Waals surface area (Å²) in [5.74, 6) is 0.140. The second-order valence-electron chi connectivity index (χ2n) is 6.07. The van der Waals surface area contributed by atoms with Crippen molar-refractivity contribution < 1.29 is 21.6 Å². The molecule has 0 atom stereocenters. The molecule has 1 aliphatic rings. The number of halogens is 3. The molecule has 9 heteroatoms. The van der Waals surface area contributed by atoms with Gasteiger partial charge in [-0.15, -0.1) is 0 Å². The lowest BCUT2D eigenvalue weighted by molar-refractivity contribution is -0.140. The summed E-state index contributed by atoms with van der Waals surface area (Å²) in [6.45, 7) is 1.88. The number of hydrogen-bond donors (Lipinski definition) is 1. The van der Waals surface area contributed by atoms with Crippen molar-refractivity contribution in [2.45, 2.75) is 24.4 Å². The van der Waals surface area contributed by atoms with Crippen LogP contribution < -0.4 is 5.14 Å². The number of hydrogen-bond acceptors (Lipinski definition) is 3. The quantitative estimate of drug-likeness (QED) is 0.858. The van der Waals surface area contributed by atoms with Crippen LogP contribution in [-0.4, -0.2) is 18.0 Å². The lowest BCUT2D eigenvalue weighted by atomic mass is 10.1. The summed E-state index contributed by atoms with van der Waals surface area (Å²) >= 11 is 0. The first-order chi connectivity index (χ1) is 12.6. The second-order valence-corrected chi connectivity index (χ2v) is 7.63. The number of aromatic nitrogens is 2. The maximum absolute atomic E-state index is 13.2. The number of nitrogens with two attached hydrogens (primary N) is 1. The van der Waals surface area contributed by atoms with Gasteiger partial charge in [-0.05, 0) is 43.2 Å². The normalized spacial score (nSPS) is 15.3. The summed E-state index contributed by atoms with van der Waals surface area (Å²) in [5, 5.41) is 5.07. The zero-order chi connectivity index (χ0) is 19.8. The minimum Gasteiger partial charge on any atom is -0.299 e. The third-order valence-corrected chi connectivity index (χ3v) is 4.92. The Morgan fingerprint density at radius 3 is 2.41 bits per heavy atom. The largest absolute Gasteiger partial charge is 0.434 e. The molecule has 0 fully saturated rings. The van der Waals surface area contributed by atoms with Crippen LogP contribution in [0.15, 0.2) is 65.2 Å². The summed E-state index contributed by atoms with van der Waals surface area (Å²) < 4.78 is 63.7. The van der Waals surface area contributed by atoms with Crippen LogP contribution >= 0.6 is 0 Å². The predicted molar refractivity (Wildman–Crippen MR) is 95.4 cm³/mol. The Kier molecular flexibility index (Phi) is 4.83. The molecule has 0 bridgehead atoms. The van der Waals surface area contributed by atoms with E-state index < -0.39 is 21.9 Å². The number of benzene rings is 1. The van der Waals surface area contributed by atoms with E-state index >= 15 is 0 Å². The first kappa shape index (κ1) is 19.1. The highest BCUT2D eigenvalue weighted by molar-refractivity contribution is 7.89. The number of imidazole rings is 1. The number of nitrogens with zero attached hydrogens (tertiary/aromatic N) is 2. The van der Waals surface area contributed by atoms with Crippen LogP contribution in [-0.2, 0) is 16.2 Å². The molecule has 2 N–H and O–H groups in total. The average molecular weight is 395 g/mol. The van der Waals surface area contributed by atoms with E-state index in [1.807, 2.05) is 19.1 Å².